The first-order valence-electron chi connectivity index (χ1n) is 7.37. The maximum atomic E-state index is 6.38. The number of rotatable bonds is 4. The van der Waals surface area contributed by atoms with Crippen molar-refractivity contribution in [3.05, 3.63) is 11.9 Å². The van der Waals surface area contributed by atoms with Crippen molar-refractivity contribution in [2.75, 3.05) is 13.1 Å². The van der Waals surface area contributed by atoms with Crippen LogP contribution in [0.2, 0.25) is 0 Å². The lowest BCUT2D eigenvalue weighted by atomic mass is 9.86. The summed E-state index contributed by atoms with van der Waals surface area (Å²) in [5.74, 6) is 1.26. The van der Waals surface area contributed by atoms with Gasteiger partial charge in [-0.25, -0.2) is 4.99 Å². The van der Waals surface area contributed by atoms with E-state index in [-0.39, 0.29) is 5.41 Å². The average Bonchev–Trinajstić information content (AvgIpc) is 2.77. The highest BCUT2D eigenvalue weighted by molar-refractivity contribution is 5.81. The van der Waals surface area contributed by atoms with E-state index in [9.17, 15) is 0 Å². The minimum Gasteiger partial charge on any atom is -0.370 e. The molecule has 0 bridgehead atoms. The summed E-state index contributed by atoms with van der Waals surface area (Å²) in [6.07, 6.45) is 4.85. The van der Waals surface area contributed by atoms with Crippen LogP contribution in [-0.4, -0.2) is 30.8 Å². The highest BCUT2D eigenvalue weighted by Gasteiger charge is 2.29. The Hall–Kier alpha value is -1.27. The molecule has 20 heavy (non-hydrogen) atoms. The normalized spacial score (nSPS) is 30.5. The van der Waals surface area contributed by atoms with Gasteiger partial charge in [0.1, 0.15) is 11.5 Å². The minimum atomic E-state index is -0.711. The Morgan fingerprint density at radius 2 is 2.25 bits per heavy atom. The van der Waals surface area contributed by atoms with E-state index < -0.39 is 5.66 Å². The zero-order valence-corrected chi connectivity index (χ0v) is 12.8. The van der Waals surface area contributed by atoms with Crippen LogP contribution >= 0.6 is 0 Å². The summed E-state index contributed by atoms with van der Waals surface area (Å²) in [6, 6.07) is 0.423. The molecular formula is C14H28N6. The van der Waals surface area contributed by atoms with Gasteiger partial charge in [0.2, 0.25) is 0 Å². The summed E-state index contributed by atoms with van der Waals surface area (Å²) in [7, 11) is 0. The Kier molecular flexibility index (Phi) is 4.25. The molecule has 6 heteroatoms. The van der Waals surface area contributed by atoms with Crippen LogP contribution in [0.15, 0.2) is 16.9 Å². The Labute approximate surface area is 121 Å². The SMILES string of the molecule is CC(C)(C)CCC1(N)C=C(NC2CCNC2)NC(N)=N1. The molecule has 0 aromatic carbocycles. The maximum Gasteiger partial charge on any atom is 0.196 e. The molecular weight excluding hydrogens is 252 g/mol. The molecule has 2 aliphatic heterocycles. The van der Waals surface area contributed by atoms with Crippen molar-refractivity contribution >= 4 is 5.96 Å². The van der Waals surface area contributed by atoms with E-state index in [4.69, 9.17) is 11.5 Å². The number of aliphatic imine (C=N–C) groups is 1. The Balaban J connectivity index is 2.02. The summed E-state index contributed by atoms with van der Waals surface area (Å²) in [6.45, 7) is 8.63. The van der Waals surface area contributed by atoms with Crippen molar-refractivity contribution in [1.29, 1.82) is 0 Å². The highest BCUT2D eigenvalue weighted by atomic mass is 15.3. The van der Waals surface area contributed by atoms with Crippen LogP contribution in [0.25, 0.3) is 0 Å². The highest BCUT2D eigenvalue weighted by Crippen LogP contribution is 2.27. The Morgan fingerprint density at radius 3 is 2.85 bits per heavy atom. The van der Waals surface area contributed by atoms with Gasteiger partial charge in [-0.3, -0.25) is 0 Å². The molecule has 2 heterocycles. The van der Waals surface area contributed by atoms with Gasteiger partial charge in [-0.05, 0) is 37.3 Å². The third-order valence-electron chi connectivity index (χ3n) is 3.68. The zero-order valence-electron chi connectivity index (χ0n) is 12.8. The number of nitrogens with two attached hydrogens (primary N) is 2. The zero-order chi connectivity index (χ0) is 14.8. The van der Waals surface area contributed by atoms with E-state index in [1.165, 1.54) is 0 Å². The van der Waals surface area contributed by atoms with E-state index in [2.05, 4.69) is 41.7 Å². The lowest BCUT2D eigenvalue weighted by molar-refractivity contribution is 0.322. The maximum absolute atomic E-state index is 6.38. The second-order valence-electron chi connectivity index (χ2n) is 7.07. The molecule has 6 nitrogen and oxygen atoms in total. The quantitative estimate of drug-likeness (QED) is 0.506. The summed E-state index contributed by atoms with van der Waals surface area (Å²) < 4.78 is 0. The summed E-state index contributed by atoms with van der Waals surface area (Å²) >= 11 is 0. The summed E-state index contributed by atoms with van der Waals surface area (Å²) in [5, 5.41) is 9.84. The van der Waals surface area contributed by atoms with Crippen molar-refractivity contribution in [1.82, 2.24) is 16.0 Å². The molecule has 0 spiro atoms. The largest absolute Gasteiger partial charge is 0.370 e. The molecule has 0 amide bonds. The molecule has 7 N–H and O–H groups in total. The monoisotopic (exact) mass is 280 g/mol. The molecule has 0 aromatic rings. The van der Waals surface area contributed by atoms with Crippen LogP contribution in [0, 0.1) is 5.41 Å². The van der Waals surface area contributed by atoms with Crippen LogP contribution < -0.4 is 27.4 Å². The summed E-state index contributed by atoms with van der Waals surface area (Å²) in [5.41, 5.74) is 11.8. The van der Waals surface area contributed by atoms with Crippen molar-refractivity contribution in [2.24, 2.45) is 21.9 Å². The van der Waals surface area contributed by atoms with Crippen LogP contribution in [0.1, 0.15) is 40.0 Å². The van der Waals surface area contributed by atoms with Gasteiger partial charge in [0, 0.05) is 12.6 Å². The second kappa shape index (κ2) is 5.61. The van der Waals surface area contributed by atoms with Crippen molar-refractivity contribution in [2.45, 2.75) is 51.7 Å². The van der Waals surface area contributed by atoms with Gasteiger partial charge in [0.05, 0.1) is 0 Å². The van der Waals surface area contributed by atoms with Crippen molar-refractivity contribution < 1.29 is 0 Å². The van der Waals surface area contributed by atoms with Crippen molar-refractivity contribution in [3.8, 4) is 0 Å². The fourth-order valence-corrected chi connectivity index (χ4v) is 2.49. The molecule has 2 unspecified atom stereocenters. The van der Waals surface area contributed by atoms with E-state index >= 15 is 0 Å². The third kappa shape index (κ3) is 4.38. The first-order valence-corrected chi connectivity index (χ1v) is 7.37. The van der Waals surface area contributed by atoms with E-state index in [1.54, 1.807) is 0 Å². The molecule has 0 radical (unpaired) electrons. The predicted molar refractivity (Wildman–Crippen MR) is 82.9 cm³/mol. The number of nitrogens with zero attached hydrogens (tertiary/aromatic N) is 1. The van der Waals surface area contributed by atoms with E-state index in [1.807, 2.05) is 6.08 Å². The Morgan fingerprint density at radius 1 is 1.50 bits per heavy atom. The standard InChI is InChI=1S/C14H28N6/c1-13(2,3)5-6-14(16)8-11(19-12(15)20-14)18-10-4-7-17-9-10/h8,10,17-18H,4-7,9,16H2,1-3H3,(H3,15,19,20). The molecule has 0 aromatic heterocycles. The molecule has 1 saturated heterocycles. The van der Waals surface area contributed by atoms with Gasteiger partial charge >= 0.3 is 0 Å². The van der Waals surface area contributed by atoms with Gasteiger partial charge in [0.25, 0.3) is 0 Å². The van der Waals surface area contributed by atoms with Gasteiger partial charge in [-0.2, -0.15) is 0 Å². The van der Waals surface area contributed by atoms with Crippen molar-refractivity contribution in [3.63, 3.8) is 0 Å². The van der Waals surface area contributed by atoms with Crippen LogP contribution in [0.5, 0.6) is 0 Å². The molecule has 2 atom stereocenters. The molecule has 114 valence electrons. The van der Waals surface area contributed by atoms with Crippen LogP contribution in [0.3, 0.4) is 0 Å². The number of hydrogen-bond donors (Lipinski definition) is 5. The molecule has 1 fully saturated rings. The van der Waals surface area contributed by atoms with E-state index in [0.29, 0.717) is 12.0 Å². The molecule has 0 saturated carbocycles. The van der Waals surface area contributed by atoms with E-state index in [0.717, 1.165) is 38.2 Å². The number of hydrogen-bond acceptors (Lipinski definition) is 6. The first kappa shape index (κ1) is 15.1. The average molecular weight is 280 g/mol. The topological polar surface area (TPSA) is 100 Å². The fraction of sp³-hybridized carbons (Fsp3) is 0.786. The van der Waals surface area contributed by atoms with Gasteiger partial charge in [0.15, 0.2) is 5.96 Å². The second-order valence-corrected chi connectivity index (χ2v) is 7.07. The number of guanidine groups is 1. The molecule has 0 aliphatic carbocycles. The van der Waals surface area contributed by atoms with Crippen LogP contribution in [-0.2, 0) is 0 Å². The predicted octanol–water partition coefficient (Wildman–Crippen LogP) is 0.179. The van der Waals surface area contributed by atoms with Gasteiger partial charge in [-0.15, -0.1) is 0 Å². The third-order valence-corrected chi connectivity index (χ3v) is 3.68. The molecule has 2 rings (SSSR count). The Bertz CT molecular complexity index is 402. The smallest absolute Gasteiger partial charge is 0.196 e. The lowest BCUT2D eigenvalue weighted by Crippen LogP contribution is -2.51. The fourth-order valence-electron chi connectivity index (χ4n) is 2.49. The van der Waals surface area contributed by atoms with Gasteiger partial charge < -0.3 is 27.4 Å². The van der Waals surface area contributed by atoms with Gasteiger partial charge in [-0.1, -0.05) is 20.8 Å². The minimum absolute atomic E-state index is 0.234. The lowest BCUT2D eigenvalue weighted by Gasteiger charge is -2.32. The van der Waals surface area contributed by atoms with Crippen LogP contribution in [0.4, 0.5) is 0 Å². The first-order chi connectivity index (χ1) is 9.26. The number of nitrogens with one attached hydrogen (secondary N) is 3. The summed E-state index contributed by atoms with van der Waals surface area (Å²) in [4.78, 5) is 4.37. The molecule has 2 aliphatic rings.